The first-order valence-corrected chi connectivity index (χ1v) is 7.64. The van der Waals surface area contributed by atoms with Gasteiger partial charge in [-0.05, 0) is 44.0 Å². The third kappa shape index (κ3) is 3.59. The maximum Gasteiger partial charge on any atom is 0.134 e. The lowest BCUT2D eigenvalue weighted by Gasteiger charge is -2.26. The predicted molar refractivity (Wildman–Crippen MR) is 80.5 cm³/mol. The van der Waals surface area contributed by atoms with Gasteiger partial charge in [0.1, 0.15) is 11.6 Å². The zero-order valence-electron chi connectivity index (χ0n) is 12.4. The number of carbonyl (C=O) groups excluding carboxylic acids is 1. The largest absolute Gasteiger partial charge is 0.368 e. The third-order valence-electron chi connectivity index (χ3n) is 4.29. The Morgan fingerprint density at radius 2 is 2.00 bits per heavy atom. The van der Waals surface area contributed by atoms with Crippen LogP contribution in [0, 0.1) is 11.7 Å². The first-order valence-electron chi connectivity index (χ1n) is 7.64. The average Bonchev–Trinajstić information content (AvgIpc) is 2.84. The van der Waals surface area contributed by atoms with Gasteiger partial charge in [0.15, 0.2) is 0 Å². The fraction of sp³-hybridized carbons (Fsp3) is 0.588. The number of nitrogens with zero attached hydrogens (tertiary/aromatic N) is 1. The average molecular weight is 277 g/mol. The molecule has 0 N–H and O–H groups in total. The highest BCUT2D eigenvalue weighted by Crippen LogP contribution is 2.32. The van der Waals surface area contributed by atoms with Crippen LogP contribution in [0.3, 0.4) is 0 Å². The molecule has 0 amide bonds. The number of benzene rings is 1. The fourth-order valence-electron chi connectivity index (χ4n) is 3.06. The van der Waals surface area contributed by atoms with Gasteiger partial charge < -0.3 is 4.90 Å². The molecule has 20 heavy (non-hydrogen) atoms. The summed E-state index contributed by atoms with van der Waals surface area (Å²) in [5.74, 6) is 0.195. The van der Waals surface area contributed by atoms with E-state index in [4.69, 9.17) is 0 Å². The zero-order chi connectivity index (χ0) is 14.5. The van der Waals surface area contributed by atoms with Crippen molar-refractivity contribution >= 4 is 11.5 Å². The molecule has 2 nitrogen and oxygen atoms in total. The van der Waals surface area contributed by atoms with Crippen LogP contribution in [-0.2, 0) is 4.79 Å². The highest BCUT2D eigenvalue weighted by atomic mass is 19.1. The van der Waals surface area contributed by atoms with E-state index in [2.05, 4.69) is 11.8 Å². The summed E-state index contributed by atoms with van der Waals surface area (Å²) in [6, 6.07) is 7.06. The summed E-state index contributed by atoms with van der Waals surface area (Å²) in [5, 5.41) is 0. The smallest absolute Gasteiger partial charge is 0.134 e. The van der Waals surface area contributed by atoms with Gasteiger partial charge in [-0.1, -0.05) is 26.2 Å². The van der Waals surface area contributed by atoms with Gasteiger partial charge in [-0.3, -0.25) is 4.79 Å². The van der Waals surface area contributed by atoms with Crippen molar-refractivity contribution in [2.24, 2.45) is 5.92 Å². The maximum atomic E-state index is 13.1. The van der Waals surface area contributed by atoms with Gasteiger partial charge in [-0.2, -0.15) is 0 Å². The van der Waals surface area contributed by atoms with Gasteiger partial charge >= 0.3 is 0 Å². The molecule has 1 saturated heterocycles. The number of hydrogen-bond donors (Lipinski definition) is 0. The SMILES string of the molecule is CCCCC[C@@H]1C[C@H](C(C)=O)CN1c1ccc(F)cc1. The number of hydrogen-bond acceptors (Lipinski definition) is 2. The van der Waals surface area contributed by atoms with E-state index < -0.39 is 0 Å². The Morgan fingerprint density at radius 3 is 2.60 bits per heavy atom. The molecule has 1 aromatic carbocycles. The van der Waals surface area contributed by atoms with Crippen LogP contribution < -0.4 is 4.90 Å². The van der Waals surface area contributed by atoms with Gasteiger partial charge in [-0.25, -0.2) is 4.39 Å². The molecule has 0 aliphatic carbocycles. The fourth-order valence-corrected chi connectivity index (χ4v) is 3.06. The summed E-state index contributed by atoms with van der Waals surface area (Å²) in [4.78, 5) is 14.0. The van der Waals surface area contributed by atoms with Gasteiger partial charge in [-0.15, -0.1) is 0 Å². The number of anilines is 1. The van der Waals surface area contributed by atoms with Crippen LogP contribution in [0.5, 0.6) is 0 Å². The number of rotatable bonds is 6. The molecule has 0 spiro atoms. The van der Waals surface area contributed by atoms with Crippen LogP contribution >= 0.6 is 0 Å². The van der Waals surface area contributed by atoms with Crippen LogP contribution in [0.4, 0.5) is 10.1 Å². The van der Waals surface area contributed by atoms with Crippen LogP contribution in [0.1, 0.15) is 46.0 Å². The zero-order valence-corrected chi connectivity index (χ0v) is 12.4. The molecular formula is C17H24FNO. The van der Waals surface area contributed by atoms with Crippen molar-refractivity contribution in [3.8, 4) is 0 Å². The molecule has 0 unspecified atom stereocenters. The summed E-state index contributed by atoms with van der Waals surface area (Å²) >= 11 is 0. The second-order valence-electron chi connectivity index (χ2n) is 5.82. The molecule has 1 aliphatic heterocycles. The number of ketones is 1. The van der Waals surface area contributed by atoms with Crippen molar-refractivity contribution in [2.75, 3.05) is 11.4 Å². The summed E-state index contributed by atoms with van der Waals surface area (Å²) in [6.07, 6.45) is 5.70. The number of carbonyl (C=O) groups is 1. The van der Waals surface area contributed by atoms with Gasteiger partial charge in [0.05, 0.1) is 0 Å². The monoisotopic (exact) mass is 277 g/mol. The molecule has 0 aromatic heterocycles. The Labute approximate surface area is 121 Å². The predicted octanol–water partition coefficient (Wildman–Crippen LogP) is 4.19. The Balaban J connectivity index is 2.09. The molecule has 0 saturated carbocycles. The van der Waals surface area contributed by atoms with E-state index in [0.717, 1.165) is 25.1 Å². The second-order valence-corrected chi connectivity index (χ2v) is 5.82. The Hall–Kier alpha value is -1.38. The molecule has 0 bridgehead atoms. The van der Waals surface area contributed by atoms with Crippen molar-refractivity contribution < 1.29 is 9.18 Å². The molecule has 1 fully saturated rings. The van der Waals surface area contributed by atoms with Crippen LogP contribution in [0.2, 0.25) is 0 Å². The quantitative estimate of drug-likeness (QED) is 0.727. The second kappa shape index (κ2) is 6.87. The third-order valence-corrected chi connectivity index (χ3v) is 4.29. The highest BCUT2D eigenvalue weighted by Gasteiger charge is 2.33. The lowest BCUT2D eigenvalue weighted by Crippen LogP contribution is -2.29. The van der Waals surface area contributed by atoms with E-state index in [1.807, 2.05) is 12.1 Å². The van der Waals surface area contributed by atoms with E-state index in [-0.39, 0.29) is 17.5 Å². The first kappa shape index (κ1) is 15.0. The Bertz CT molecular complexity index is 443. The lowest BCUT2D eigenvalue weighted by molar-refractivity contribution is -0.120. The summed E-state index contributed by atoms with van der Waals surface area (Å²) < 4.78 is 13.1. The number of unbranched alkanes of at least 4 members (excludes halogenated alkanes) is 2. The first-order chi connectivity index (χ1) is 9.61. The molecule has 1 aliphatic rings. The van der Waals surface area contributed by atoms with E-state index >= 15 is 0 Å². The number of Topliss-reactive ketones (excluding diaryl/α,β-unsaturated/α-hetero) is 1. The van der Waals surface area contributed by atoms with E-state index in [1.165, 1.54) is 31.4 Å². The topological polar surface area (TPSA) is 20.3 Å². The molecule has 1 aromatic rings. The minimum Gasteiger partial charge on any atom is -0.368 e. The molecular weight excluding hydrogens is 253 g/mol. The van der Waals surface area contributed by atoms with Crippen LogP contribution in [0.25, 0.3) is 0 Å². The summed E-state index contributed by atoms with van der Waals surface area (Å²) in [6.45, 7) is 4.66. The molecule has 2 atom stereocenters. The molecule has 3 heteroatoms. The van der Waals surface area contributed by atoms with Gasteiger partial charge in [0.25, 0.3) is 0 Å². The van der Waals surface area contributed by atoms with Crippen LogP contribution in [-0.4, -0.2) is 18.4 Å². The standard InChI is InChI=1S/C17H24FNO/c1-3-4-5-6-17-11-14(13(2)20)12-19(17)16-9-7-15(18)8-10-16/h7-10,14,17H,3-6,11-12H2,1-2H3/t14-,17+/m0/s1. The Kier molecular flexibility index (Phi) is 5.16. The normalized spacial score (nSPS) is 22.2. The van der Waals surface area contributed by atoms with Crippen LogP contribution in [0.15, 0.2) is 24.3 Å². The van der Waals surface area contributed by atoms with Crippen molar-refractivity contribution in [1.29, 1.82) is 0 Å². The maximum absolute atomic E-state index is 13.1. The lowest BCUT2D eigenvalue weighted by atomic mass is 9.98. The molecule has 110 valence electrons. The van der Waals surface area contributed by atoms with Crippen molar-refractivity contribution in [3.05, 3.63) is 30.1 Å². The van der Waals surface area contributed by atoms with E-state index in [1.54, 1.807) is 6.92 Å². The van der Waals surface area contributed by atoms with Crippen molar-refractivity contribution in [3.63, 3.8) is 0 Å². The minimum atomic E-state index is -0.210. The number of halogens is 1. The summed E-state index contributed by atoms with van der Waals surface area (Å²) in [5.41, 5.74) is 1.04. The van der Waals surface area contributed by atoms with E-state index in [9.17, 15) is 9.18 Å². The Morgan fingerprint density at radius 1 is 1.30 bits per heavy atom. The van der Waals surface area contributed by atoms with Crippen molar-refractivity contribution in [1.82, 2.24) is 0 Å². The van der Waals surface area contributed by atoms with Crippen molar-refractivity contribution in [2.45, 2.75) is 52.0 Å². The van der Waals surface area contributed by atoms with Gasteiger partial charge in [0.2, 0.25) is 0 Å². The molecule has 1 heterocycles. The minimum absolute atomic E-state index is 0.131. The molecule has 0 radical (unpaired) electrons. The van der Waals surface area contributed by atoms with Gasteiger partial charge in [0, 0.05) is 24.2 Å². The highest BCUT2D eigenvalue weighted by molar-refractivity contribution is 5.80. The van der Waals surface area contributed by atoms with E-state index in [0.29, 0.717) is 6.04 Å². The molecule has 2 rings (SSSR count). The summed E-state index contributed by atoms with van der Waals surface area (Å²) in [7, 11) is 0.